The van der Waals surface area contributed by atoms with E-state index in [0.29, 0.717) is 23.8 Å². The summed E-state index contributed by atoms with van der Waals surface area (Å²) in [6.45, 7) is 2.52. The Kier molecular flexibility index (Phi) is 5.19. The number of aliphatic imine (C=N–C) groups is 1. The van der Waals surface area contributed by atoms with Gasteiger partial charge in [-0.05, 0) is 25.1 Å². The maximum absolute atomic E-state index is 11.4. The number of methoxy groups -OCH3 is 1. The van der Waals surface area contributed by atoms with E-state index < -0.39 is 5.97 Å². The SMILES string of the molecule is CCN/C(=N\C#N)Nc1cccc(C(=O)OC)c1. The molecule has 1 rings (SSSR count). The number of benzene rings is 1. The fraction of sp³-hybridized carbons (Fsp3) is 0.250. The minimum Gasteiger partial charge on any atom is -0.465 e. The molecule has 18 heavy (non-hydrogen) atoms. The molecule has 0 aliphatic rings. The van der Waals surface area contributed by atoms with Gasteiger partial charge >= 0.3 is 5.97 Å². The van der Waals surface area contributed by atoms with Crippen LogP contribution in [-0.2, 0) is 4.74 Å². The summed E-state index contributed by atoms with van der Waals surface area (Å²) in [5.41, 5.74) is 1.07. The maximum atomic E-state index is 11.4. The number of ether oxygens (including phenoxy) is 1. The Balaban J connectivity index is 2.87. The van der Waals surface area contributed by atoms with E-state index >= 15 is 0 Å². The smallest absolute Gasteiger partial charge is 0.337 e. The van der Waals surface area contributed by atoms with E-state index in [2.05, 4.69) is 20.4 Å². The molecule has 0 radical (unpaired) electrons. The second-order valence-corrected chi connectivity index (χ2v) is 3.29. The Morgan fingerprint density at radius 2 is 2.33 bits per heavy atom. The monoisotopic (exact) mass is 246 g/mol. The van der Waals surface area contributed by atoms with E-state index in [1.807, 2.05) is 6.92 Å². The number of carbonyl (C=O) groups is 1. The molecule has 0 fully saturated rings. The number of nitrogens with one attached hydrogen (secondary N) is 2. The molecule has 0 aromatic heterocycles. The van der Waals surface area contributed by atoms with Crippen molar-refractivity contribution >= 4 is 17.6 Å². The third-order valence-electron chi connectivity index (χ3n) is 2.05. The van der Waals surface area contributed by atoms with E-state index in [1.165, 1.54) is 7.11 Å². The van der Waals surface area contributed by atoms with Crippen LogP contribution in [0.25, 0.3) is 0 Å². The fourth-order valence-electron chi connectivity index (χ4n) is 1.31. The van der Waals surface area contributed by atoms with Crippen LogP contribution in [0.4, 0.5) is 5.69 Å². The summed E-state index contributed by atoms with van der Waals surface area (Å²) < 4.78 is 4.63. The first kappa shape index (κ1) is 13.5. The van der Waals surface area contributed by atoms with Gasteiger partial charge in [0.1, 0.15) is 0 Å². The lowest BCUT2D eigenvalue weighted by Gasteiger charge is -2.09. The van der Waals surface area contributed by atoms with Gasteiger partial charge in [0.25, 0.3) is 0 Å². The lowest BCUT2D eigenvalue weighted by atomic mass is 10.2. The summed E-state index contributed by atoms with van der Waals surface area (Å²) in [4.78, 5) is 14.9. The summed E-state index contributed by atoms with van der Waals surface area (Å²) in [7, 11) is 1.32. The van der Waals surface area contributed by atoms with Gasteiger partial charge in [-0.25, -0.2) is 4.79 Å². The number of nitrogens with zero attached hydrogens (tertiary/aromatic N) is 2. The van der Waals surface area contributed by atoms with Crippen LogP contribution in [-0.4, -0.2) is 25.6 Å². The van der Waals surface area contributed by atoms with Gasteiger partial charge in [-0.3, -0.25) is 0 Å². The van der Waals surface area contributed by atoms with Gasteiger partial charge < -0.3 is 15.4 Å². The summed E-state index contributed by atoms with van der Waals surface area (Å²) in [6.07, 6.45) is 1.69. The van der Waals surface area contributed by atoms with Crippen molar-refractivity contribution in [2.45, 2.75) is 6.92 Å². The van der Waals surface area contributed by atoms with Crippen molar-refractivity contribution in [3.8, 4) is 6.19 Å². The van der Waals surface area contributed by atoms with Crippen molar-refractivity contribution in [3.63, 3.8) is 0 Å². The van der Waals surface area contributed by atoms with Gasteiger partial charge in [0.15, 0.2) is 0 Å². The second kappa shape index (κ2) is 6.91. The molecule has 0 aliphatic heterocycles. The van der Waals surface area contributed by atoms with E-state index in [9.17, 15) is 4.79 Å². The van der Waals surface area contributed by atoms with Crippen LogP contribution >= 0.6 is 0 Å². The zero-order valence-corrected chi connectivity index (χ0v) is 10.2. The van der Waals surface area contributed by atoms with Gasteiger partial charge in [-0.1, -0.05) is 6.07 Å². The molecule has 0 heterocycles. The molecular weight excluding hydrogens is 232 g/mol. The average Bonchev–Trinajstić information content (AvgIpc) is 2.39. The third kappa shape index (κ3) is 3.79. The second-order valence-electron chi connectivity index (χ2n) is 3.29. The fourth-order valence-corrected chi connectivity index (χ4v) is 1.31. The highest BCUT2D eigenvalue weighted by molar-refractivity contribution is 5.96. The Hall–Kier alpha value is -2.55. The first-order chi connectivity index (χ1) is 8.71. The van der Waals surface area contributed by atoms with Crippen LogP contribution in [0.3, 0.4) is 0 Å². The molecule has 0 saturated heterocycles. The summed E-state index contributed by atoms with van der Waals surface area (Å²) in [5, 5.41) is 14.3. The molecule has 0 spiro atoms. The van der Waals surface area contributed by atoms with Gasteiger partial charge in [0.2, 0.25) is 12.2 Å². The molecule has 1 aromatic carbocycles. The zero-order valence-electron chi connectivity index (χ0n) is 10.2. The third-order valence-corrected chi connectivity index (χ3v) is 2.05. The van der Waals surface area contributed by atoms with Crippen LogP contribution in [0.5, 0.6) is 0 Å². The van der Waals surface area contributed by atoms with Gasteiger partial charge in [-0.15, -0.1) is 4.99 Å². The highest BCUT2D eigenvalue weighted by Crippen LogP contribution is 2.11. The Morgan fingerprint density at radius 3 is 2.94 bits per heavy atom. The van der Waals surface area contributed by atoms with Crippen LogP contribution in [0, 0.1) is 11.5 Å². The molecular formula is C12H14N4O2. The number of anilines is 1. The highest BCUT2D eigenvalue weighted by Gasteiger charge is 2.06. The summed E-state index contributed by atoms with van der Waals surface area (Å²) >= 11 is 0. The molecule has 2 N–H and O–H groups in total. The Bertz CT molecular complexity index is 491. The zero-order chi connectivity index (χ0) is 13.4. The Labute approximate surface area is 105 Å². The van der Waals surface area contributed by atoms with Crippen molar-refractivity contribution in [2.75, 3.05) is 19.0 Å². The van der Waals surface area contributed by atoms with Crippen LogP contribution in [0.1, 0.15) is 17.3 Å². The number of rotatable bonds is 3. The van der Waals surface area contributed by atoms with Gasteiger partial charge in [0.05, 0.1) is 12.7 Å². The maximum Gasteiger partial charge on any atom is 0.337 e. The molecule has 6 heteroatoms. The Morgan fingerprint density at radius 1 is 1.56 bits per heavy atom. The average molecular weight is 246 g/mol. The van der Waals surface area contributed by atoms with Crippen molar-refractivity contribution in [3.05, 3.63) is 29.8 Å². The van der Waals surface area contributed by atoms with Crippen LogP contribution < -0.4 is 10.6 Å². The normalized spacial score (nSPS) is 10.4. The predicted octanol–water partition coefficient (Wildman–Crippen LogP) is 1.33. The van der Waals surface area contributed by atoms with Crippen molar-refractivity contribution in [1.29, 1.82) is 5.26 Å². The number of hydrogen-bond acceptors (Lipinski definition) is 4. The molecule has 0 saturated carbocycles. The molecule has 0 amide bonds. The molecule has 0 aliphatic carbocycles. The number of guanidine groups is 1. The standard InChI is InChI=1S/C12H14N4O2/c1-3-14-12(15-8-13)16-10-6-4-5-9(7-10)11(17)18-2/h4-7H,3H2,1-2H3,(H2,14,15,16). The van der Waals surface area contributed by atoms with E-state index in [4.69, 9.17) is 5.26 Å². The molecule has 6 nitrogen and oxygen atoms in total. The van der Waals surface area contributed by atoms with Gasteiger partial charge in [-0.2, -0.15) is 5.26 Å². The van der Waals surface area contributed by atoms with Crippen molar-refractivity contribution in [2.24, 2.45) is 4.99 Å². The first-order valence-corrected chi connectivity index (χ1v) is 5.37. The molecule has 1 aromatic rings. The number of carbonyl (C=O) groups excluding carboxylic acids is 1. The minimum atomic E-state index is -0.416. The minimum absolute atomic E-state index is 0.335. The summed E-state index contributed by atoms with van der Waals surface area (Å²) in [5.74, 6) is -0.0807. The molecule has 0 bridgehead atoms. The summed E-state index contributed by atoms with van der Waals surface area (Å²) in [6, 6.07) is 6.74. The lowest BCUT2D eigenvalue weighted by molar-refractivity contribution is 0.0601. The van der Waals surface area contributed by atoms with Crippen molar-refractivity contribution in [1.82, 2.24) is 5.32 Å². The topological polar surface area (TPSA) is 86.5 Å². The van der Waals surface area contributed by atoms with E-state index in [0.717, 1.165) is 0 Å². The quantitative estimate of drug-likeness (QED) is 0.363. The number of esters is 1. The lowest BCUT2D eigenvalue weighted by Crippen LogP contribution is -2.30. The molecule has 0 atom stereocenters. The highest BCUT2D eigenvalue weighted by atomic mass is 16.5. The first-order valence-electron chi connectivity index (χ1n) is 5.37. The van der Waals surface area contributed by atoms with Gasteiger partial charge in [0, 0.05) is 12.2 Å². The molecule has 94 valence electrons. The molecule has 0 unspecified atom stereocenters. The predicted molar refractivity (Wildman–Crippen MR) is 68.1 cm³/mol. The van der Waals surface area contributed by atoms with Crippen molar-refractivity contribution < 1.29 is 9.53 Å². The largest absolute Gasteiger partial charge is 0.465 e. The number of nitriles is 1. The van der Waals surface area contributed by atoms with E-state index in [-0.39, 0.29) is 0 Å². The van der Waals surface area contributed by atoms with Crippen LogP contribution in [0.15, 0.2) is 29.3 Å². The van der Waals surface area contributed by atoms with Crippen LogP contribution in [0.2, 0.25) is 0 Å². The van der Waals surface area contributed by atoms with E-state index in [1.54, 1.807) is 30.5 Å². The number of hydrogen-bond donors (Lipinski definition) is 2.